The smallest absolute Gasteiger partial charge is 0.185 e. The van der Waals surface area contributed by atoms with Crippen LogP contribution in [0.25, 0.3) is 10.4 Å². The fourth-order valence-corrected chi connectivity index (χ4v) is 1.80. The zero-order valence-electron chi connectivity index (χ0n) is 6.19. The maximum absolute atomic E-state index is 10.5. The van der Waals surface area contributed by atoms with Gasteiger partial charge in [0.1, 0.15) is 0 Å². The van der Waals surface area contributed by atoms with Crippen LogP contribution in [0.1, 0.15) is 10.6 Å². The van der Waals surface area contributed by atoms with Crippen molar-refractivity contribution in [1.29, 1.82) is 0 Å². The molecule has 0 aliphatic carbocycles. The quantitative estimate of drug-likeness (QED) is 0.662. The van der Waals surface area contributed by atoms with E-state index in [0.717, 1.165) is 16.7 Å². The third kappa shape index (κ3) is 1.08. The summed E-state index contributed by atoms with van der Waals surface area (Å²) < 4.78 is 4.98. The molecule has 0 aromatic carbocycles. The molecule has 0 aliphatic rings. The molecule has 0 spiro atoms. The van der Waals surface area contributed by atoms with E-state index < -0.39 is 0 Å². The molecule has 0 fully saturated rings. The lowest BCUT2D eigenvalue weighted by atomic mass is 10.2. The van der Waals surface area contributed by atoms with Crippen molar-refractivity contribution < 1.29 is 9.21 Å². The number of hydrogen-bond acceptors (Lipinski definition) is 3. The van der Waals surface area contributed by atoms with Gasteiger partial charge in [0, 0.05) is 10.4 Å². The summed E-state index contributed by atoms with van der Waals surface area (Å²) in [5.74, 6) is 0.400. The Morgan fingerprint density at radius 3 is 3.00 bits per heavy atom. The summed E-state index contributed by atoms with van der Waals surface area (Å²) in [6.45, 7) is 0. The highest BCUT2D eigenvalue weighted by molar-refractivity contribution is 7.13. The largest absolute Gasteiger partial charge is 0.461 e. The number of thiophene rings is 1. The molecule has 0 atom stereocenters. The average Bonchev–Trinajstić information content (AvgIpc) is 2.74. The van der Waals surface area contributed by atoms with Gasteiger partial charge in [-0.1, -0.05) is 6.07 Å². The van der Waals surface area contributed by atoms with E-state index in [2.05, 4.69) is 0 Å². The van der Waals surface area contributed by atoms with Crippen molar-refractivity contribution >= 4 is 17.6 Å². The lowest BCUT2D eigenvalue weighted by Crippen LogP contribution is -1.76. The van der Waals surface area contributed by atoms with Gasteiger partial charge in [0.15, 0.2) is 12.0 Å². The maximum Gasteiger partial charge on any atom is 0.185 e. The highest BCUT2D eigenvalue weighted by atomic mass is 32.1. The van der Waals surface area contributed by atoms with Gasteiger partial charge in [0.05, 0.1) is 6.26 Å². The van der Waals surface area contributed by atoms with Gasteiger partial charge in [0.25, 0.3) is 0 Å². The predicted octanol–water partition coefficient (Wildman–Crippen LogP) is 2.82. The first-order chi connectivity index (χ1) is 5.92. The fourth-order valence-electron chi connectivity index (χ4n) is 1.05. The fraction of sp³-hybridized carbons (Fsp3) is 0. The predicted molar refractivity (Wildman–Crippen MR) is 47.4 cm³/mol. The van der Waals surface area contributed by atoms with E-state index in [-0.39, 0.29) is 0 Å². The second-order valence-corrected chi connectivity index (χ2v) is 3.24. The molecule has 0 unspecified atom stereocenters. The Morgan fingerprint density at radius 1 is 1.42 bits per heavy atom. The van der Waals surface area contributed by atoms with E-state index in [9.17, 15) is 4.79 Å². The molecule has 2 heterocycles. The highest BCUT2D eigenvalue weighted by Gasteiger charge is 2.07. The summed E-state index contributed by atoms with van der Waals surface area (Å²) in [7, 11) is 0. The molecule has 0 radical (unpaired) electrons. The molecule has 0 aliphatic heterocycles. The Balaban J connectivity index is 2.53. The van der Waals surface area contributed by atoms with Crippen LogP contribution in [0.3, 0.4) is 0 Å². The highest BCUT2D eigenvalue weighted by Crippen LogP contribution is 2.27. The lowest BCUT2D eigenvalue weighted by molar-refractivity contribution is 0.110. The van der Waals surface area contributed by atoms with E-state index in [1.165, 1.54) is 6.26 Å². The molecule has 3 heteroatoms. The molecule has 2 nitrogen and oxygen atoms in total. The van der Waals surface area contributed by atoms with Gasteiger partial charge in [-0.2, -0.15) is 0 Å². The molecule has 0 bridgehead atoms. The van der Waals surface area contributed by atoms with Crippen LogP contribution in [0.15, 0.2) is 34.3 Å². The van der Waals surface area contributed by atoms with E-state index in [1.54, 1.807) is 17.4 Å². The van der Waals surface area contributed by atoms with E-state index in [4.69, 9.17) is 4.42 Å². The normalized spacial score (nSPS) is 10.0. The Kier molecular flexibility index (Phi) is 1.80. The van der Waals surface area contributed by atoms with Gasteiger partial charge in [0.2, 0.25) is 0 Å². The van der Waals surface area contributed by atoms with Gasteiger partial charge in [-0.15, -0.1) is 11.3 Å². The third-order valence-corrected chi connectivity index (χ3v) is 2.49. The van der Waals surface area contributed by atoms with Gasteiger partial charge in [-0.05, 0) is 17.5 Å². The van der Waals surface area contributed by atoms with Crippen molar-refractivity contribution in [2.45, 2.75) is 0 Å². The van der Waals surface area contributed by atoms with Crippen molar-refractivity contribution in [2.75, 3.05) is 0 Å². The first-order valence-corrected chi connectivity index (χ1v) is 4.36. The van der Waals surface area contributed by atoms with Crippen molar-refractivity contribution in [3.05, 3.63) is 35.6 Å². The van der Waals surface area contributed by atoms with E-state index in [1.807, 2.05) is 17.5 Å². The maximum atomic E-state index is 10.5. The molecule has 0 amide bonds. The zero-order chi connectivity index (χ0) is 8.39. The van der Waals surface area contributed by atoms with Crippen molar-refractivity contribution in [3.63, 3.8) is 0 Å². The minimum Gasteiger partial charge on any atom is -0.461 e. The number of aldehydes is 1. The van der Waals surface area contributed by atoms with Crippen molar-refractivity contribution in [1.82, 2.24) is 0 Å². The summed E-state index contributed by atoms with van der Waals surface area (Å²) in [6, 6.07) is 5.71. The summed E-state index contributed by atoms with van der Waals surface area (Å²) in [6.07, 6.45) is 2.26. The second kappa shape index (κ2) is 2.95. The Morgan fingerprint density at radius 2 is 2.33 bits per heavy atom. The number of carbonyl (C=O) groups excluding carboxylic acids is 1. The molecule has 2 rings (SSSR count). The van der Waals surface area contributed by atoms with Gasteiger partial charge in [-0.25, -0.2) is 0 Å². The molecular formula is C9H6O2S. The Bertz CT molecular complexity index is 373. The monoisotopic (exact) mass is 178 g/mol. The minimum absolute atomic E-state index is 0.400. The van der Waals surface area contributed by atoms with Crippen molar-refractivity contribution in [2.24, 2.45) is 0 Å². The summed E-state index contributed by atoms with van der Waals surface area (Å²) in [4.78, 5) is 11.6. The molecule has 12 heavy (non-hydrogen) atoms. The van der Waals surface area contributed by atoms with Crippen LogP contribution >= 0.6 is 11.3 Å². The molecule has 2 aromatic rings. The lowest BCUT2D eigenvalue weighted by Gasteiger charge is -1.89. The van der Waals surface area contributed by atoms with Crippen LogP contribution in [0, 0.1) is 0 Å². The van der Waals surface area contributed by atoms with Crippen LogP contribution in [0.4, 0.5) is 0 Å². The Labute approximate surface area is 73.4 Å². The molecular weight excluding hydrogens is 172 g/mol. The van der Waals surface area contributed by atoms with Gasteiger partial charge >= 0.3 is 0 Å². The Hall–Kier alpha value is -1.35. The summed E-state index contributed by atoms with van der Waals surface area (Å²) in [5, 5.41) is 1.97. The zero-order valence-corrected chi connectivity index (χ0v) is 7.01. The summed E-state index contributed by atoms with van der Waals surface area (Å²) in [5.41, 5.74) is 0.875. The molecule has 0 saturated heterocycles. The number of rotatable bonds is 2. The van der Waals surface area contributed by atoms with E-state index in [0.29, 0.717) is 5.76 Å². The van der Waals surface area contributed by atoms with E-state index >= 15 is 0 Å². The van der Waals surface area contributed by atoms with Crippen LogP contribution in [-0.2, 0) is 0 Å². The number of furan rings is 1. The van der Waals surface area contributed by atoms with Crippen LogP contribution in [0.5, 0.6) is 0 Å². The van der Waals surface area contributed by atoms with Crippen LogP contribution in [-0.4, -0.2) is 6.29 Å². The molecule has 60 valence electrons. The summed E-state index contributed by atoms with van der Waals surface area (Å²) >= 11 is 1.59. The van der Waals surface area contributed by atoms with Crippen LogP contribution in [0.2, 0.25) is 0 Å². The SMILES string of the molecule is O=Cc1occc1-c1cccs1. The molecule has 0 N–H and O–H groups in total. The molecule has 0 saturated carbocycles. The third-order valence-electron chi connectivity index (χ3n) is 1.59. The molecule has 2 aromatic heterocycles. The topological polar surface area (TPSA) is 30.2 Å². The first kappa shape index (κ1) is 7.31. The van der Waals surface area contributed by atoms with Gasteiger partial charge in [-0.3, -0.25) is 4.79 Å². The average molecular weight is 178 g/mol. The number of carbonyl (C=O) groups is 1. The second-order valence-electron chi connectivity index (χ2n) is 2.29. The first-order valence-electron chi connectivity index (χ1n) is 3.48. The number of hydrogen-bond donors (Lipinski definition) is 0. The van der Waals surface area contributed by atoms with Gasteiger partial charge < -0.3 is 4.42 Å². The standard InChI is InChI=1S/C9H6O2S/c10-6-8-7(3-4-11-8)9-2-1-5-12-9/h1-6H. The minimum atomic E-state index is 0.400. The van der Waals surface area contributed by atoms with Crippen molar-refractivity contribution in [3.8, 4) is 10.4 Å². The van der Waals surface area contributed by atoms with Crippen LogP contribution < -0.4 is 0 Å².